The van der Waals surface area contributed by atoms with Crippen molar-refractivity contribution in [3.63, 3.8) is 0 Å². The number of unbranched alkanes of at least 4 members (excludes halogenated alkanes) is 2. The standard InChI is InChI=1S/C14H29NO/c1-3-4-7-10-15-11-12-16-14-9-6-5-8-13(14)2/h13-15H,3-12H2,1-2H3. The Morgan fingerprint density at radius 2 is 1.94 bits per heavy atom. The van der Waals surface area contributed by atoms with Gasteiger partial charge in [-0.05, 0) is 31.7 Å². The fraction of sp³-hybridized carbons (Fsp3) is 1.00. The van der Waals surface area contributed by atoms with Crippen molar-refractivity contribution in [2.24, 2.45) is 5.92 Å². The van der Waals surface area contributed by atoms with Crippen molar-refractivity contribution >= 4 is 0 Å². The average Bonchev–Trinajstić information content (AvgIpc) is 2.30. The third-order valence-corrected chi connectivity index (χ3v) is 3.60. The van der Waals surface area contributed by atoms with Gasteiger partial charge < -0.3 is 10.1 Å². The molecule has 0 spiro atoms. The van der Waals surface area contributed by atoms with Gasteiger partial charge in [0.2, 0.25) is 0 Å². The lowest BCUT2D eigenvalue weighted by Crippen LogP contribution is -2.29. The lowest BCUT2D eigenvalue weighted by Gasteiger charge is -2.28. The van der Waals surface area contributed by atoms with Crippen molar-refractivity contribution in [1.29, 1.82) is 0 Å². The second kappa shape index (κ2) is 9.00. The Hall–Kier alpha value is -0.0800. The van der Waals surface area contributed by atoms with E-state index in [0.717, 1.165) is 25.6 Å². The maximum absolute atomic E-state index is 5.94. The number of ether oxygens (including phenoxy) is 1. The molecule has 2 unspecified atom stereocenters. The summed E-state index contributed by atoms with van der Waals surface area (Å²) in [5.41, 5.74) is 0. The summed E-state index contributed by atoms with van der Waals surface area (Å²) in [6.45, 7) is 7.64. The molecule has 0 amide bonds. The highest BCUT2D eigenvalue weighted by Crippen LogP contribution is 2.25. The SMILES string of the molecule is CCCCCNCCOC1CCCCC1C. The van der Waals surface area contributed by atoms with E-state index in [2.05, 4.69) is 19.2 Å². The first-order valence-corrected chi connectivity index (χ1v) is 7.17. The first-order chi connectivity index (χ1) is 7.84. The van der Waals surface area contributed by atoms with E-state index >= 15 is 0 Å². The van der Waals surface area contributed by atoms with E-state index in [1.165, 1.54) is 44.9 Å². The van der Waals surface area contributed by atoms with Crippen LogP contribution in [-0.2, 0) is 4.74 Å². The molecule has 0 aromatic rings. The van der Waals surface area contributed by atoms with Crippen molar-refractivity contribution < 1.29 is 4.74 Å². The Morgan fingerprint density at radius 3 is 2.69 bits per heavy atom. The Labute approximate surface area is 101 Å². The molecule has 2 nitrogen and oxygen atoms in total. The highest BCUT2D eigenvalue weighted by molar-refractivity contribution is 4.72. The van der Waals surface area contributed by atoms with Crippen LogP contribution in [-0.4, -0.2) is 25.8 Å². The van der Waals surface area contributed by atoms with E-state index < -0.39 is 0 Å². The quantitative estimate of drug-likeness (QED) is 0.642. The van der Waals surface area contributed by atoms with Gasteiger partial charge in [0.05, 0.1) is 12.7 Å². The molecule has 0 aromatic heterocycles. The number of nitrogens with one attached hydrogen (secondary N) is 1. The molecular formula is C14H29NO. The van der Waals surface area contributed by atoms with Crippen LogP contribution in [0.4, 0.5) is 0 Å². The molecule has 2 heteroatoms. The molecule has 2 atom stereocenters. The molecule has 0 aliphatic heterocycles. The van der Waals surface area contributed by atoms with E-state index in [0.29, 0.717) is 6.10 Å². The van der Waals surface area contributed by atoms with Gasteiger partial charge in [0.15, 0.2) is 0 Å². The molecular weight excluding hydrogens is 198 g/mol. The molecule has 0 radical (unpaired) electrons. The summed E-state index contributed by atoms with van der Waals surface area (Å²) in [4.78, 5) is 0. The molecule has 1 aliphatic carbocycles. The minimum atomic E-state index is 0.534. The monoisotopic (exact) mass is 227 g/mol. The fourth-order valence-corrected chi connectivity index (χ4v) is 2.44. The summed E-state index contributed by atoms with van der Waals surface area (Å²) in [6.07, 6.45) is 9.87. The van der Waals surface area contributed by atoms with Gasteiger partial charge in [0.1, 0.15) is 0 Å². The van der Waals surface area contributed by atoms with Gasteiger partial charge in [-0.15, -0.1) is 0 Å². The van der Waals surface area contributed by atoms with Crippen LogP contribution < -0.4 is 5.32 Å². The van der Waals surface area contributed by atoms with Crippen LogP contribution in [0.15, 0.2) is 0 Å². The van der Waals surface area contributed by atoms with Gasteiger partial charge in [-0.3, -0.25) is 0 Å². The lowest BCUT2D eigenvalue weighted by atomic mass is 9.88. The van der Waals surface area contributed by atoms with Crippen LogP contribution in [0.25, 0.3) is 0 Å². The van der Waals surface area contributed by atoms with E-state index in [9.17, 15) is 0 Å². The highest BCUT2D eigenvalue weighted by atomic mass is 16.5. The first kappa shape index (κ1) is 14.0. The van der Waals surface area contributed by atoms with Crippen LogP contribution in [0.5, 0.6) is 0 Å². The Kier molecular flexibility index (Phi) is 7.87. The van der Waals surface area contributed by atoms with Crippen LogP contribution >= 0.6 is 0 Å². The molecule has 1 fully saturated rings. The zero-order valence-corrected chi connectivity index (χ0v) is 11.1. The minimum absolute atomic E-state index is 0.534. The van der Waals surface area contributed by atoms with Crippen molar-refractivity contribution in [2.75, 3.05) is 19.7 Å². The number of hydrogen-bond acceptors (Lipinski definition) is 2. The molecule has 0 saturated heterocycles. The van der Waals surface area contributed by atoms with E-state index in [1.54, 1.807) is 0 Å². The Morgan fingerprint density at radius 1 is 1.12 bits per heavy atom. The number of hydrogen-bond donors (Lipinski definition) is 1. The third kappa shape index (κ3) is 5.86. The zero-order chi connectivity index (χ0) is 11.6. The Balaban J connectivity index is 1.90. The summed E-state index contributed by atoms with van der Waals surface area (Å²) in [5.74, 6) is 0.772. The van der Waals surface area contributed by atoms with Crippen molar-refractivity contribution in [1.82, 2.24) is 5.32 Å². The van der Waals surface area contributed by atoms with Gasteiger partial charge in [-0.1, -0.05) is 39.5 Å². The zero-order valence-electron chi connectivity index (χ0n) is 11.1. The second-order valence-corrected chi connectivity index (χ2v) is 5.13. The molecule has 1 N–H and O–H groups in total. The van der Waals surface area contributed by atoms with Crippen molar-refractivity contribution in [3.8, 4) is 0 Å². The predicted octanol–water partition coefficient (Wildman–Crippen LogP) is 3.36. The lowest BCUT2D eigenvalue weighted by molar-refractivity contribution is -0.00310. The van der Waals surface area contributed by atoms with Gasteiger partial charge in [-0.25, -0.2) is 0 Å². The predicted molar refractivity (Wildman–Crippen MR) is 69.8 cm³/mol. The summed E-state index contributed by atoms with van der Waals surface area (Å²) in [5, 5.41) is 3.45. The van der Waals surface area contributed by atoms with E-state index in [4.69, 9.17) is 4.74 Å². The van der Waals surface area contributed by atoms with Gasteiger partial charge >= 0.3 is 0 Å². The van der Waals surface area contributed by atoms with E-state index in [-0.39, 0.29) is 0 Å². The first-order valence-electron chi connectivity index (χ1n) is 7.17. The molecule has 1 aliphatic rings. The largest absolute Gasteiger partial charge is 0.377 e. The van der Waals surface area contributed by atoms with Crippen LogP contribution in [0.2, 0.25) is 0 Å². The highest BCUT2D eigenvalue weighted by Gasteiger charge is 2.21. The molecule has 0 aromatic carbocycles. The van der Waals surface area contributed by atoms with Gasteiger partial charge in [0, 0.05) is 6.54 Å². The molecule has 16 heavy (non-hydrogen) atoms. The maximum Gasteiger partial charge on any atom is 0.0601 e. The van der Waals surface area contributed by atoms with Crippen LogP contribution in [0.3, 0.4) is 0 Å². The molecule has 1 saturated carbocycles. The van der Waals surface area contributed by atoms with E-state index in [1.807, 2.05) is 0 Å². The maximum atomic E-state index is 5.94. The third-order valence-electron chi connectivity index (χ3n) is 3.60. The normalized spacial score (nSPS) is 25.9. The minimum Gasteiger partial charge on any atom is -0.377 e. The van der Waals surface area contributed by atoms with Crippen LogP contribution in [0.1, 0.15) is 58.8 Å². The topological polar surface area (TPSA) is 21.3 Å². The molecule has 0 heterocycles. The summed E-state index contributed by atoms with van der Waals surface area (Å²) < 4.78 is 5.94. The smallest absolute Gasteiger partial charge is 0.0601 e. The van der Waals surface area contributed by atoms with Gasteiger partial charge in [-0.2, -0.15) is 0 Å². The average molecular weight is 227 g/mol. The second-order valence-electron chi connectivity index (χ2n) is 5.13. The molecule has 0 bridgehead atoms. The fourth-order valence-electron chi connectivity index (χ4n) is 2.44. The van der Waals surface area contributed by atoms with Crippen molar-refractivity contribution in [2.45, 2.75) is 64.9 Å². The summed E-state index contributed by atoms with van der Waals surface area (Å²) >= 11 is 0. The summed E-state index contributed by atoms with van der Waals surface area (Å²) in [6, 6.07) is 0. The number of rotatable bonds is 8. The molecule has 96 valence electrons. The van der Waals surface area contributed by atoms with Crippen molar-refractivity contribution in [3.05, 3.63) is 0 Å². The van der Waals surface area contributed by atoms with Crippen LogP contribution in [0, 0.1) is 5.92 Å². The molecule has 1 rings (SSSR count). The Bertz CT molecular complexity index is 161. The van der Waals surface area contributed by atoms with Gasteiger partial charge in [0.25, 0.3) is 0 Å². The summed E-state index contributed by atoms with van der Waals surface area (Å²) in [7, 11) is 0.